The molecule has 142 valence electrons. The van der Waals surface area contributed by atoms with Crippen LogP contribution in [0.25, 0.3) is 0 Å². The van der Waals surface area contributed by atoms with Crippen molar-refractivity contribution in [3.05, 3.63) is 59.7 Å². The Hall–Kier alpha value is -3.20. The van der Waals surface area contributed by atoms with Crippen molar-refractivity contribution < 1.29 is 27.5 Å². The first-order valence-electron chi connectivity index (χ1n) is 7.80. The van der Waals surface area contributed by atoms with E-state index in [4.69, 9.17) is 4.74 Å². The van der Waals surface area contributed by atoms with Crippen molar-refractivity contribution in [1.82, 2.24) is 5.32 Å². The summed E-state index contributed by atoms with van der Waals surface area (Å²) in [5.74, 6) is -1.78. The number of rotatable bonds is 6. The smallest absolute Gasteiger partial charge is 0.339 e. The summed E-state index contributed by atoms with van der Waals surface area (Å²) in [6.07, 6.45) is 0.980. The van der Waals surface area contributed by atoms with Gasteiger partial charge in [-0.05, 0) is 36.4 Å². The molecule has 0 saturated carbocycles. The van der Waals surface area contributed by atoms with Crippen LogP contribution in [0.5, 0.6) is 0 Å². The van der Waals surface area contributed by atoms with Crippen molar-refractivity contribution in [3.63, 3.8) is 0 Å². The molecule has 8 nitrogen and oxygen atoms in total. The molecule has 0 aliphatic carbocycles. The predicted molar refractivity (Wildman–Crippen MR) is 98.3 cm³/mol. The van der Waals surface area contributed by atoms with Crippen molar-refractivity contribution >= 4 is 33.3 Å². The van der Waals surface area contributed by atoms with Crippen LogP contribution in [0, 0.1) is 0 Å². The molecule has 0 bridgehead atoms. The van der Waals surface area contributed by atoms with Gasteiger partial charge in [-0.1, -0.05) is 12.1 Å². The van der Waals surface area contributed by atoms with Gasteiger partial charge < -0.3 is 15.4 Å². The number of sulfone groups is 1. The number of amides is 2. The number of carbonyl (C=O) groups excluding carboxylic acids is 3. The third-order valence-corrected chi connectivity index (χ3v) is 4.65. The fourth-order valence-electron chi connectivity index (χ4n) is 2.21. The van der Waals surface area contributed by atoms with Crippen LogP contribution >= 0.6 is 0 Å². The van der Waals surface area contributed by atoms with Gasteiger partial charge in [0.15, 0.2) is 16.4 Å². The van der Waals surface area contributed by atoms with Crippen molar-refractivity contribution in [2.45, 2.75) is 4.90 Å². The van der Waals surface area contributed by atoms with Gasteiger partial charge in [0, 0.05) is 24.6 Å². The monoisotopic (exact) mass is 390 g/mol. The van der Waals surface area contributed by atoms with Gasteiger partial charge in [-0.2, -0.15) is 0 Å². The largest absolute Gasteiger partial charge is 0.452 e. The normalized spacial score (nSPS) is 10.7. The summed E-state index contributed by atoms with van der Waals surface area (Å²) in [6, 6.07) is 11.7. The summed E-state index contributed by atoms with van der Waals surface area (Å²) in [7, 11) is -2.10. The zero-order valence-corrected chi connectivity index (χ0v) is 15.5. The molecule has 0 saturated heterocycles. The minimum atomic E-state index is -3.61. The molecule has 9 heteroatoms. The van der Waals surface area contributed by atoms with Crippen LogP contribution in [0.3, 0.4) is 0 Å². The minimum absolute atomic E-state index is 0.136. The van der Waals surface area contributed by atoms with E-state index in [1.54, 1.807) is 0 Å². The highest BCUT2D eigenvalue weighted by Gasteiger charge is 2.20. The summed E-state index contributed by atoms with van der Waals surface area (Å²) in [5.41, 5.74) is 0.710. The van der Waals surface area contributed by atoms with Crippen LogP contribution in [0.4, 0.5) is 5.69 Å². The van der Waals surface area contributed by atoms with Gasteiger partial charge >= 0.3 is 5.97 Å². The summed E-state index contributed by atoms with van der Waals surface area (Å²) < 4.78 is 28.3. The summed E-state index contributed by atoms with van der Waals surface area (Å²) in [4.78, 5) is 35.3. The maximum Gasteiger partial charge on any atom is 0.339 e. The lowest BCUT2D eigenvalue weighted by molar-refractivity contribution is -0.119. The molecule has 0 aromatic heterocycles. The number of nitrogens with one attached hydrogen (secondary N) is 2. The Morgan fingerprint density at radius 1 is 1.00 bits per heavy atom. The van der Waals surface area contributed by atoms with Gasteiger partial charge in [-0.15, -0.1) is 0 Å². The first kappa shape index (κ1) is 20.1. The fraction of sp³-hybridized carbons (Fsp3) is 0.167. The van der Waals surface area contributed by atoms with Gasteiger partial charge in [0.05, 0.1) is 10.5 Å². The molecule has 2 N–H and O–H groups in total. The SMILES string of the molecule is CNC(=O)c1ccc(NC(=O)COC(=O)c2ccccc2S(C)(=O)=O)cc1. The van der Waals surface area contributed by atoms with Crippen LogP contribution in [0.2, 0.25) is 0 Å². The van der Waals surface area contributed by atoms with Gasteiger partial charge in [0.1, 0.15) is 0 Å². The first-order chi connectivity index (χ1) is 12.7. The van der Waals surface area contributed by atoms with Gasteiger partial charge in [0.2, 0.25) is 0 Å². The maximum absolute atomic E-state index is 12.1. The van der Waals surface area contributed by atoms with E-state index in [1.807, 2.05) is 0 Å². The molecule has 2 aromatic carbocycles. The Labute approximate surface area is 156 Å². The van der Waals surface area contributed by atoms with E-state index < -0.39 is 28.3 Å². The van der Waals surface area contributed by atoms with E-state index in [9.17, 15) is 22.8 Å². The molecule has 0 fully saturated rings. The molecular formula is C18H18N2O6S. The predicted octanol–water partition coefficient (Wildman–Crippen LogP) is 1.25. The Bertz CT molecular complexity index is 968. The molecule has 0 radical (unpaired) electrons. The topological polar surface area (TPSA) is 119 Å². The summed E-state index contributed by atoms with van der Waals surface area (Å²) in [6.45, 7) is -0.589. The molecule has 0 heterocycles. The lowest BCUT2D eigenvalue weighted by Crippen LogP contribution is -2.22. The molecule has 0 aliphatic rings. The lowest BCUT2D eigenvalue weighted by atomic mass is 10.2. The molecular weight excluding hydrogens is 372 g/mol. The number of hydrogen-bond acceptors (Lipinski definition) is 6. The number of hydrogen-bond donors (Lipinski definition) is 2. The molecule has 0 spiro atoms. The average Bonchev–Trinajstić information content (AvgIpc) is 2.65. The van der Waals surface area contributed by atoms with Crippen molar-refractivity contribution in [2.75, 3.05) is 25.2 Å². The number of benzene rings is 2. The van der Waals surface area contributed by atoms with E-state index in [2.05, 4.69) is 10.6 Å². The summed E-state index contributed by atoms with van der Waals surface area (Å²) >= 11 is 0. The third-order valence-electron chi connectivity index (χ3n) is 3.50. The number of esters is 1. The van der Waals surface area contributed by atoms with Crippen LogP contribution in [0.1, 0.15) is 20.7 Å². The van der Waals surface area contributed by atoms with Crippen LogP contribution in [-0.2, 0) is 19.4 Å². The van der Waals surface area contributed by atoms with Gasteiger partial charge in [-0.25, -0.2) is 13.2 Å². The Balaban J connectivity index is 1.98. The van der Waals surface area contributed by atoms with E-state index in [0.29, 0.717) is 11.3 Å². The average molecular weight is 390 g/mol. The van der Waals surface area contributed by atoms with Crippen molar-refractivity contribution in [3.8, 4) is 0 Å². The van der Waals surface area contributed by atoms with E-state index in [0.717, 1.165) is 6.26 Å². The summed E-state index contributed by atoms with van der Waals surface area (Å²) in [5, 5.41) is 4.99. The van der Waals surface area contributed by atoms with Crippen LogP contribution < -0.4 is 10.6 Å². The quantitative estimate of drug-likeness (QED) is 0.717. The Morgan fingerprint density at radius 2 is 1.63 bits per heavy atom. The molecule has 27 heavy (non-hydrogen) atoms. The number of anilines is 1. The Kier molecular flexibility index (Phi) is 6.30. The third kappa shape index (κ3) is 5.38. The second-order valence-corrected chi connectivity index (χ2v) is 7.53. The molecule has 0 aliphatic heterocycles. The second kappa shape index (κ2) is 8.45. The molecule has 0 unspecified atom stereocenters. The molecule has 2 rings (SSSR count). The van der Waals surface area contributed by atoms with Gasteiger partial charge in [-0.3, -0.25) is 9.59 Å². The second-order valence-electron chi connectivity index (χ2n) is 5.55. The zero-order valence-electron chi connectivity index (χ0n) is 14.7. The van der Waals surface area contributed by atoms with Crippen LogP contribution in [-0.4, -0.2) is 46.1 Å². The Morgan fingerprint density at radius 3 is 2.22 bits per heavy atom. The first-order valence-corrected chi connectivity index (χ1v) is 9.69. The molecule has 0 atom stereocenters. The minimum Gasteiger partial charge on any atom is -0.452 e. The number of ether oxygens (including phenoxy) is 1. The lowest BCUT2D eigenvalue weighted by Gasteiger charge is -2.09. The zero-order chi connectivity index (χ0) is 20.0. The number of carbonyl (C=O) groups is 3. The van der Waals surface area contributed by atoms with Crippen LogP contribution in [0.15, 0.2) is 53.4 Å². The molecule has 2 aromatic rings. The van der Waals surface area contributed by atoms with Crippen molar-refractivity contribution in [1.29, 1.82) is 0 Å². The molecule has 2 amide bonds. The standard InChI is InChI=1S/C18H18N2O6S/c1-19-17(22)12-7-9-13(10-8-12)20-16(21)11-26-18(23)14-5-3-4-6-15(14)27(2,24)25/h3-10H,11H2,1-2H3,(H,19,22)(H,20,21). The fourth-order valence-corrected chi connectivity index (χ4v) is 3.09. The highest BCUT2D eigenvalue weighted by atomic mass is 32.2. The van der Waals surface area contributed by atoms with Crippen molar-refractivity contribution in [2.24, 2.45) is 0 Å². The highest BCUT2D eigenvalue weighted by Crippen LogP contribution is 2.16. The maximum atomic E-state index is 12.1. The van der Waals surface area contributed by atoms with Gasteiger partial charge in [0.25, 0.3) is 11.8 Å². The highest BCUT2D eigenvalue weighted by molar-refractivity contribution is 7.90. The van der Waals surface area contributed by atoms with E-state index in [1.165, 1.54) is 55.6 Å². The van der Waals surface area contributed by atoms with E-state index in [-0.39, 0.29) is 16.4 Å². The van der Waals surface area contributed by atoms with E-state index >= 15 is 0 Å².